The molecule has 1 aromatic heterocycles. The third-order valence-corrected chi connectivity index (χ3v) is 6.36. The molecular weight excluding hydrogens is 419 g/mol. The molecule has 0 aliphatic carbocycles. The van der Waals surface area contributed by atoms with Crippen LogP contribution in [0.3, 0.4) is 0 Å². The molecule has 28 heavy (non-hydrogen) atoms. The smallest absolute Gasteiger partial charge is 0.191 e. The Bertz CT molecular complexity index is 1130. The number of aliphatic hydroxyl groups is 1. The summed E-state index contributed by atoms with van der Waals surface area (Å²) >= 11 is 13.8. The summed E-state index contributed by atoms with van der Waals surface area (Å²) < 4.78 is 6.81. The van der Waals surface area contributed by atoms with Gasteiger partial charge in [0.25, 0.3) is 0 Å². The van der Waals surface area contributed by atoms with Crippen LogP contribution in [-0.2, 0) is 0 Å². The standard InChI is InChI=1S/C19H14Cl2N4O2S/c1-27-11-3-5-15-9(6-11)7-13-17(22-15)28-19-23-16(24-25(19)18(13)26)12-4-2-10(20)8-14(12)21/h2-8,17-18,22,26H,1H3/t17-,18-/m0/s1. The molecule has 0 bridgehead atoms. The van der Waals surface area contributed by atoms with E-state index < -0.39 is 6.23 Å². The molecule has 2 aliphatic rings. The number of benzene rings is 2. The highest BCUT2D eigenvalue weighted by atomic mass is 35.5. The number of nitrogens with zero attached hydrogens (tertiary/aromatic N) is 3. The molecule has 2 atom stereocenters. The highest BCUT2D eigenvalue weighted by Gasteiger charge is 2.36. The van der Waals surface area contributed by atoms with Crippen LogP contribution in [0.1, 0.15) is 11.8 Å². The molecule has 142 valence electrons. The number of halogens is 2. The minimum Gasteiger partial charge on any atom is -0.497 e. The van der Waals surface area contributed by atoms with Gasteiger partial charge in [0.15, 0.2) is 17.2 Å². The molecule has 3 aromatic rings. The summed E-state index contributed by atoms with van der Waals surface area (Å²) in [5.74, 6) is 1.21. The van der Waals surface area contributed by atoms with Crippen LogP contribution in [0.4, 0.5) is 5.69 Å². The molecule has 0 unspecified atom stereocenters. The zero-order chi connectivity index (χ0) is 19.4. The first-order valence-corrected chi connectivity index (χ1v) is 10.1. The van der Waals surface area contributed by atoms with Crippen LogP contribution in [-0.4, -0.2) is 32.4 Å². The van der Waals surface area contributed by atoms with Crippen LogP contribution in [0.5, 0.6) is 5.75 Å². The van der Waals surface area contributed by atoms with Gasteiger partial charge in [0, 0.05) is 27.4 Å². The van der Waals surface area contributed by atoms with Crippen molar-refractivity contribution >= 4 is 46.7 Å². The second-order valence-electron chi connectivity index (χ2n) is 6.40. The van der Waals surface area contributed by atoms with Crippen molar-refractivity contribution in [2.75, 3.05) is 12.4 Å². The Morgan fingerprint density at radius 1 is 1.21 bits per heavy atom. The molecule has 2 aromatic carbocycles. The van der Waals surface area contributed by atoms with Crippen molar-refractivity contribution in [2.24, 2.45) is 0 Å². The molecule has 9 heteroatoms. The zero-order valence-electron chi connectivity index (χ0n) is 14.6. The van der Waals surface area contributed by atoms with E-state index in [0.717, 1.165) is 22.6 Å². The number of methoxy groups -OCH3 is 1. The summed E-state index contributed by atoms with van der Waals surface area (Å²) in [4.78, 5) is 4.58. The molecule has 0 amide bonds. The average Bonchev–Trinajstić information content (AvgIpc) is 3.10. The SMILES string of the molecule is COc1ccc2c(c1)C=C1[C@@H](N2)Sc2nc(-c3ccc(Cl)cc3Cl)nn2[C@H]1O. The van der Waals surface area contributed by atoms with Crippen LogP contribution in [0.15, 0.2) is 47.1 Å². The van der Waals surface area contributed by atoms with Gasteiger partial charge >= 0.3 is 0 Å². The first-order valence-electron chi connectivity index (χ1n) is 8.46. The molecule has 0 fully saturated rings. The Balaban J connectivity index is 1.55. The van der Waals surface area contributed by atoms with E-state index in [-0.39, 0.29) is 5.37 Å². The van der Waals surface area contributed by atoms with E-state index in [1.807, 2.05) is 24.3 Å². The molecule has 0 saturated heterocycles. The van der Waals surface area contributed by atoms with Gasteiger partial charge in [-0.05, 0) is 42.5 Å². The summed E-state index contributed by atoms with van der Waals surface area (Å²) in [5.41, 5.74) is 3.40. The molecule has 6 nitrogen and oxygen atoms in total. The number of aromatic nitrogens is 3. The molecular formula is C19H14Cl2N4O2S. The maximum absolute atomic E-state index is 10.9. The second-order valence-corrected chi connectivity index (χ2v) is 8.32. The van der Waals surface area contributed by atoms with Gasteiger partial charge in [-0.2, -0.15) is 0 Å². The Labute approximate surface area is 175 Å². The number of ether oxygens (including phenoxy) is 1. The number of hydrogen-bond donors (Lipinski definition) is 2. The Kier molecular flexibility index (Phi) is 4.28. The van der Waals surface area contributed by atoms with Gasteiger partial charge < -0.3 is 15.2 Å². The number of fused-ring (bicyclic) bond motifs is 3. The lowest BCUT2D eigenvalue weighted by Crippen LogP contribution is -2.32. The van der Waals surface area contributed by atoms with Crippen molar-refractivity contribution in [3.63, 3.8) is 0 Å². The Hall–Kier alpha value is -2.19. The summed E-state index contributed by atoms with van der Waals surface area (Å²) in [6.07, 6.45) is 1.04. The quantitative estimate of drug-likeness (QED) is 0.611. The molecule has 0 spiro atoms. The van der Waals surface area contributed by atoms with Gasteiger partial charge in [-0.3, -0.25) is 0 Å². The van der Waals surface area contributed by atoms with Gasteiger partial charge in [0.1, 0.15) is 11.1 Å². The van der Waals surface area contributed by atoms with Crippen molar-refractivity contribution < 1.29 is 9.84 Å². The van der Waals surface area contributed by atoms with Gasteiger partial charge in [0.2, 0.25) is 0 Å². The second kappa shape index (κ2) is 6.70. The van der Waals surface area contributed by atoms with E-state index >= 15 is 0 Å². The van der Waals surface area contributed by atoms with Crippen LogP contribution in [0, 0.1) is 0 Å². The maximum atomic E-state index is 10.9. The summed E-state index contributed by atoms with van der Waals surface area (Å²) in [5, 5.41) is 20.3. The van der Waals surface area contributed by atoms with Gasteiger partial charge in [-0.1, -0.05) is 35.0 Å². The summed E-state index contributed by atoms with van der Waals surface area (Å²) in [6.45, 7) is 0. The van der Waals surface area contributed by atoms with Crippen LogP contribution in [0.25, 0.3) is 17.5 Å². The van der Waals surface area contributed by atoms with E-state index in [9.17, 15) is 5.11 Å². The van der Waals surface area contributed by atoms with Crippen molar-refractivity contribution in [1.29, 1.82) is 0 Å². The van der Waals surface area contributed by atoms with E-state index in [4.69, 9.17) is 27.9 Å². The molecule has 0 saturated carbocycles. The van der Waals surface area contributed by atoms with Crippen molar-refractivity contribution in [1.82, 2.24) is 14.8 Å². The highest BCUT2D eigenvalue weighted by molar-refractivity contribution is 8.00. The van der Waals surface area contributed by atoms with Gasteiger partial charge in [-0.15, -0.1) is 5.10 Å². The first kappa shape index (κ1) is 17.9. The summed E-state index contributed by atoms with van der Waals surface area (Å²) in [7, 11) is 1.63. The molecule has 3 heterocycles. The number of rotatable bonds is 2. The minimum atomic E-state index is -0.930. The number of aliphatic hydroxyl groups excluding tert-OH is 1. The van der Waals surface area contributed by atoms with Crippen molar-refractivity contribution in [3.05, 3.63) is 57.6 Å². The lowest BCUT2D eigenvalue weighted by atomic mass is 10.0. The van der Waals surface area contributed by atoms with Crippen LogP contribution in [0.2, 0.25) is 10.0 Å². The monoisotopic (exact) mass is 432 g/mol. The Morgan fingerprint density at radius 2 is 2.07 bits per heavy atom. The fourth-order valence-corrected chi connectivity index (χ4v) is 4.89. The number of nitrogens with one attached hydrogen (secondary N) is 1. The zero-order valence-corrected chi connectivity index (χ0v) is 16.9. The van der Waals surface area contributed by atoms with Crippen molar-refractivity contribution in [2.45, 2.75) is 16.8 Å². The third kappa shape index (κ3) is 2.86. The number of anilines is 1. The number of thioether (sulfide) groups is 1. The third-order valence-electron chi connectivity index (χ3n) is 4.70. The van der Waals surface area contributed by atoms with Crippen molar-refractivity contribution in [3.8, 4) is 17.1 Å². The minimum absolute atomic E-state index is 0.138. The lowest BCUT2D eigenvalue weighted by molar-refractivity contribution is 0.113. The topological polar surface area (TPSA) is 72.2 Å². The van der Waals surface area contributed by atoms with E-state index in [1.165, 1.54) is 16.4 Å². The predicted octanol–water partition coefficient (Wildman–Crippen LogP) is 4.69. The van der Waals surface area contributed by atoms with E-state index in [1.54, 1.807) is 25.3 Å². The largest absolute Gasteiger partial charge is 0.497 e. The van der Waals surface area contributed by atoms with Crippen LogP contribution >= 0.6 is 35.0 Å². The lowest BCUT2D eigenvalue weighted by Gasteiger charge is -2.33. The Morgan fingerprint density at radius 3 is 2.86 bits per heavy atom. The first-order chi connectivity index (χ1) is 13.5. The van der Waals surface area contributed by atoms with E-state index in [0.29, 0.717) is 26.6 Å². The molecule has 2 aliphatic heterocycles. The highest BCUT2D eigenvalue weighted by Crippen LogP contribution is 2.44. The molecule has 5 rings (SSSR count). The maximum Gasteiger partial charge on any atom is 0.191 e. The molecule has 2 N–H and O–H groups in total. The fraction of sp³-hybridized carbons (Fsp3) is 0.158. The van der Waals surface area contributed by atoms with E-state index in [2.05, 4.69) is 15.4 Å². The van der Waals surface area contributed by atoms with Crippen LogP contribution < -0.4 is 10.1 Å². The van der Waals surface area contributed by atoms with Gasteiger partial charge in [0.05, 0.1) is 12.1 Å². The predicted molar refractivity (Wildman–Crippen MR) is 111 cm³/mol. The molecule has 0 radical (unpaired) electrons. The summed E-state index contributed by atoms with van der Waals surface area (Å²) in [6, 6.07) is 11.0. The van der Waals surface area contributed by atoms with Gasteiger partial charge in [-0.25, -0.2) is 9.67 Å². The number of hydrogen-bond acceptors (Lipinski definition) is 6. The average molecular weight is 433 g/mol. The normalized spacial score (nSPS) is 19.8. The fourth-order valence-electron chi connectivity index (χ4n) is 3.29.